The molecule has 1 rings (SSSR count). The van der Waals surface area contributed by atoms with Crippen molar-refractivity contribution in [2.75, 3.05) is 19.8 Å². The average molecular weight is 245 g/mol. The van der Waals surface area contributed by atoms with Crippen LogP contribution >= 0.6 is 0 Å². The first-order valence-corrected chi connectivity index (χ1v) is 6.09. The second-order valence-electron chi connectivity index (χ2n) is 5.28. The number of rotatable bonds is 3. The van der Waals surface area contributed by atoms with Crippen molar-refractivity contribution >= 4 is 6.09 Å². The van der Waals surface area contributed by atoms with Gasteiger partial charge in [-0.3, -0.25) is 0 Å². The lowest BCUT2D eigenvalue weighted by atomic mass is 10.2. The SMILES string of the molecule is CCOC1C[C@H](CO)N(C(=O)OC(C)(C)C)C1. The molecule has 1 aliphatic heterocycles. The number of amides is 1. The number of carbonyl (C=O) groups excluding carboxylic acids is 1. The standard InChI is InChI=1S/C12H23NO4/c1-5-16-10-6-9(8-14)13(7-10)11(15)17-12(2,3)4/h9-10,14H,5-8H2,1-4H3/t9-,10?/m1/s1. The van der Waals surface area contributed by atoms with Gasteiger partial charge in [0.25, 0.3) is 0 Å². The zero-order valence-electron chi connectivity index (χ0n) is 11.1. The predicted molar refractivity (Wildman–Crippen MR) is 63.8 cm³/mol. The lowest BCUT2D eigenvalue weighted by Crippen LogP contribution is -2.41. The van der Waals surface area contributed by atoms with Gasteiger partial charge >= 0.3 is 6.09 Å². The van der Waals surface area contributed by atoms with Crippen LogP contribution in [0.2, 0.25) is 0 Å². The minimum atomic E-state index is -0.513. The van der Waals surface area contributed by atoms with Crippen molar-refractivity contribution in [3.63, 3.8) is 0 Å². The van der Waals surface area contributed by atoms with E-state index in [9.17, 15) is 9.90 Å². The van der Waals surface area contributed by atoms with Crippen LogP contribution in [-0.4, -0.2) is 53.6 Å². The number of aliphatic hydroxyl groups excluding tert-OH is 1. The van der Waals surface area contributed by atoms with Gasteiger partial charge in [0.1, 0.15) is 5.60 Å². The minimum Gasteiger partial charge on any atom is -0.444 e. The Morgan fingerprint density at radius 3 is 2.59 bits per heavy atom. The summed E-state index contributed by atoms with van der Waals surface area (Å²) in [5, 5.41) is 9.26. The Labute approximate surface area is 103 Å². The molecule has 0 bridgehead atoms. The van der Waals surface area contributed by atoms with E-state index >= 15 is 0 Å². The molecule has 0 radical (unpaired) electrons. The molecular formula is C12H23NO4. The van der Waals surface area contributed by atoms with Crippen LogP contribution in [-0.2, 0) is 9.47 Å². The Kier molecular flexibility index (Phi) is 4.77. The van der Waals surface area contributed by atoms with E-state index in [1.54, 1.807) is 4.90 Å². The number of hydrogen-bond acceptors (Lipinski definition) is 4. The first-order chi connectivity index (χ1) is 7.87. The highest BCUT2D eigenvalue weighted by Gasteiger charge is 2.37. The quantitative estimate of drug-likeness (QED) is 0.816. The van der Waals surface area contributed by atoms with Crippen LogP contribution in [0.3, 0.4) is 0 Å². The van der Waals surface area contributed by atoms with Gasteiger partial charge in [-0.2, -0.15) is 0 Å². The van der Waals surface area contributed by atoms with E-state index in [0.717, 1.165) is 0 Å². The van der Waals surface area contributed by atoms with Gasteiger partial charge < -0.3 is 19.5 Å². The second-order valence-corrected chi connectivity index (χ2v) is 5.28. The Morgan fingerprint density at radius 1 is 1.47 bits per heavy atom. The van der Waals surface area contributed by atoms with Crippen LogP contribution in [0.5, 0.6) is 0 Å². The highest BCUT2D eigenvalue weighted by Crippen LogP contribution is 2.22. The van der Waals surface area contributed by atoms with Crippen molar-refractivity contribution in [3.8, 4) is 0 Å². The first kappa shape index (κ1) is 14.3. The van der Waals surface area contributed by atoms with Gasteiger partial charge in [-0.1, -0.05) is 0 Å². The highest BCUT2D eigenvalue weighted by atomic mass is 16.6. The molecule has 1 N–H and O–H groups in total. The summed E-state index contributed by atoms with van der Waals surface area (Å²) in [6, 6.07) is -0.193. The van der Waals surface area contributed by atoms with Crippen LogP contribution in [0.25, 0.3) is 0 Å². The number of likely N-dealkylation sites (tertiary alicyclic amines) is 1. The lowest BCUT2D eigenvalue weighted by molar-refractivity contribution is 0.0140. The zero-order valence-corrected chi connectivity index (χ0v) is 11.1. The minimum absolute atomic E-state index is 0.00432. The monoisotopic (exact) mass is 245 g/mol. The molecule has 1 amide bonds. The predicted octanol–water partition coefficient (Wildman–Crippen LogP) is 1.39. The van der Waals surface area contributed by atoms with Gasteiger partial charge in [-0.25, -0.2) is 4.79 Å². The number of ether oxygens (including phenoxy) is 2. The molecule has 1 saturated heterocycles. The van der Waals surface area contributed by atoms with E-state index in [-0.39, 0.29) is 24.8 Å². The fourth-order valence-electron chi connectivity index (χ4n) is 1.95. The molecule has 0 spiro atoms. The van der Waals surface area contributed by atoms with Crippen molar-refractivity contribution in [2.45, 2.75) is 51.9 Å². The topological polar surface area (TPSA) is 59.0 Å². The molecule has 1 unspecified atom stereocenters. The molecule has 2 atom stereocenters. The summed E-state index contributed by atoms with van der Waals surface area (Å²) in [6.45, 7) is 8.46. The molecule has 0 saturated carbocycles. The van der Waals surface area contributed by atoms with E-state index in [0.29, 0.717) is 19.6 Å². The maximum absolute atomic E-state index is 11.9. The Hall–Kier alpha value is -0.810. The number of hydrogen-bond donors (Lipinski definition) is 1. The third kappa shape index (κ3) is 4.16. The van der Waals surface area contributed by atoms with Crippen LogP contribution in [0.15, 0.2) is 0 Å². The number of nitrogens with zero attached hydrogens (tertiary/aromatic N) is 1. The molecular weight excluding hydrogens is 222 g/mol. The first-order valence-electron chi connectivity index (χ1n) is 6.09. The summed E-state index contributed by atoms with van der Waals surface area (Å²) in [6.07, 6.45) is 0.298. The Balaban J connectivity index is 2.59. The third-order valence-corrected chi connectivity index (χ3v) is 2.62. The molecule has 5 heteroatoms. The van der Waals surface area contributed by atoms with E-state index in [4.69, 9.17) is 9.47 Å². The van der Waals surface area contributed by atoms with Crippen molar-refractivity contribution in [2.24, 2.45) is 0 Å². The summed E-state index contributed by atoms with van der Waals surface area (Å²) in [4.78, 5) is 13.5. The molecule has 0 aliphatic carbocycles. The molecule has 1 heterocycles. The normalized spacial score (nSPS) is 25.1. The van der Waals surface area contributed by atoms with Gasteiger partial charge in [0, 0.05) is 6.61 Å². The van der Waals surface area contributed by atoms with Crippen LogP contribution in [0, 0.1) is 0 Å². The zero-order chi connectivity index (χ0) is 13.1. The fourth-order valence-corrected chi connectivity index (χ4v) is 1.95. The van der Waals surface area contributed by atoms with Crippen molar-refractivity contribution in [3.05, 3.63) is 0 Å². The molecule has 1 fully saturated rings. The van der Waals surface area contributed by atoms with E-state index < -0.39 is 5.60 Å². The van der Waals surface area contributed by atoms with Crippen LogP contribution < -0.4 is 0 Å². The molecule has 0 aromatic carbocycles. The van der Waals surface area contributed by atoms with Crippen LogP contribution in [0.4, 0.5) is 4.79 Å². The maximum Gasteiger partial charge on any atom is 0.410 e. The highest BCUT2D eigenvalue weighted by molar-refractivity contribution is 5.69. The van der Waals surface area contributed by atoms with Crippen molar-refractivity contribution in [1.29, 1.82) is 0 Å². The Morgan fingerprint density at radius 2 is 2.12 bits per heavy atom. The summed E-state index contributed by atoms with van der Waals surface area (Å²) >= 11 is 0. The van der Waals surface area contributed by atoms with Gasteiger partial charge in [-0.05, 0) is 34.1 Å². The smallest absolute Gasteiger partial charge is 0.410 e. The number of aliphatic hydroxyl groups is 1. The molecule has 0 aromatic heterocycles. The van der Waals surface area contributed by atoms with Gasteiger partial charge in [0.05, 0.1) is 25.3 Å². The second kappa shape index (κ2) is 5.69. The summed E-state index contributed by atoms with van der Waals surface area (Å²) < 4.78 is 10.8. The van der Waals surface area contributed by atoms with Gasteiger partial charge in [0.15, 0.2) is 0 Å². The lowest BCUT2D eigenvalue weighted by Gasteiger charge is -2.27. The third-order valence-electron chi connectivity index (χ3n) is 2.62. The molecule has 17 heavy (non-hydrogen) atoms. The molecule has 100 valence electrons. The van der Waals surface area contributed by atoms with Crippen molar-refractivity contribution in [1.82, 2.24) is 4.90 Å². The van der Waals surface area contributed by atoms with Crippen molar-refractivity contribution < 1.29 is 19.4 Å². The van der Waals surface area contributed by atoms with Crippen LogP contribution in [0.1, 0.15) is 34.1 Å². The summed E-state index contributed by atoms with van der Waals surface area (Å²) in [7, 11) is 0. The molecule has 5 nitrogen and oxygen atoms in total. The molecule has 0 aromatic rings. The summed E-state index contributed by atoms with van der Waals surface area (Å²) in [5.74, 6) is 0. The average Bonchev–Trinajstić information content (AvgIpc) is 2.59. The van der Waals surface area contributed by atoms with E-state index in [1.165, 1.54) is 0 Å². The summed E-state index contributed by atoms with van der Waals surface area (Å²) in [5.41, 5.74) is -0.513. The number of carbonyl (C=O) groups is 1. The molecule has 1 aliphatic rings. The fraction of sp³-hybridized carbons (Fsp3) is 0.917. The van der Waals surface area contributed by atoms with E-state index in [1.807, 2.05) is 27.7 Å². The largest absolute Gasteiger partial charge is 0.444 e. The maximum atomic E-state index is 11.9. The Bertz CT molecular complexity index is 262. The van der Waals surface area contributed by atoms with E-state index in [2.05, 4.69) is 0 Å². The van der Waals surface area contributed by atoms with Gasteiger partial charge in [0.2, 0.25) is 0 Å². The van der Waals surface area contributed by atoms with Gasteiger partial charge in [-0.15, -0.1) is 0 Å².